The first-order valence-corrected chi connectivity index (χ1v) is 4.26. The molecule has 0 bridgehead atoms. The maximum Gasteiger partial charge on any atom is 0.320 e. The zero-order valence-electron chi connectivity index (χ0n) is 8.08. The molecule has 76 valence electrons. The summed E-state index contributed by atoms with van der Waals surface area (Å²) in [5.74, 6) is -0.767. The van der Waals surface area contributed by atoms with Gasteiger partial charge in [-0.2, -0.15) is 0 Å². The maximum absolute atomic E-state index is 11.0. The van der Waals surface area contributed by atoms with Crippen LogP contribution in [0.5, 0.6) is 0 Å². The first-order chi connectivity index (χ1) is 6.10. The molecule has 1 amide bonds. The molecule has 5 nitrogen and oxygen atoms in total. The fraction of sp³-hybridized carbons (Fsp3) is 0.750. The van der Waals surface area contributed by atoms with Crippen LogP contribution < -0.4 is 5.73 Å². The van der Waals surface area contributed by atoms with Gasteiger partial charge in [0.2, 0.25) is 5.91 Å². The largest absolute Gasteiger partial charge is 0.465 e. The van der Waals surface area contributed by atoms with Gasteiger partial charge < -0.3 is 10.5 Å². The van der Waals surface area contributed by atoms with Gasteiger partial charge in [0.1, 0.15) is 0 Å². The predicted molar refractivity (Wildman–Crippen MR) is 47.9 cm³/mol. The van der Waals surface area contributed by atoms with E-state index in [9.17, 15) is 9.59 Å². The van der Waals surface area contributed by atoms with Crippen LogP contribution in [0.2, 0.25) is 0 Å². The number of amides is 1. The van der Waals surface area contributed by atoms with Gasteiger partial charge >= 0.3 is 5.97 Å². The highest BCUT2D eigenvalue weighted by Crippen LogP contribution is 1.88. The van der Waals surface area contributed by atoms with Crippen molar-refractivity contribution >= 4 is 11.9 Å². The van der Waals surface area contributed by atoms with Crippen LogP contribution in [0, 0.1) is 0 Å². The van der Waals surface area contributed by atoms with Crippen molar-refractivity contribution in [3.05, 3.63) is 0 Å². The Hall–Kier alpha value is -1.10. The lowest BCUT2D eigenvalue weighted by Gasteiger charge is -2.16. The zero-order chi connectivity index (χ0) is 10.3. The molecule has 0 fully saturated rings. The van der Waals surface area contributed by atoms with Crippen molar-refractivity contribution in [2.75, 3.05) is 26.2 Å². The Morgan fingerprint density at radius 2 is 1.92 bits per heavy atom. The highest BCUT2D eigenvalue weighted by molar-refractivity contribution is 5.77. The van der Waals surface area contributed by atoms with E-state index < -0.39 is 5.91 Å². The Labute approximate surface area is 77.8 Å². The molecule has 0 radical (unpaired) electrons. The molecule has 0 aromatic carbocycles. The van der Waals surface area contributed by atoms with E-state index in [1.165, 1.54) is 0 Å². The number of ether oxygens (including phenoxy) is 1. The monoisotopic (exact) mass is 188 g/mol. The number of carbonyl (C=O) groups is 2. The minimum Gasteiger partial charge on any atom is -0.465 e. The van der Waals surface area contributed by atoms with Crippen molar-refractivity contribution in [2.24, 2.45) is 5.73 Å². The molecule has 0 saturated heterocycles. The molecular weight excluding hydrogens is 172 g/mol. The fourth-order valence-electron chi connectivity index (χ4n) is 0.889. The number of nitrogens with two attached hydrogens (primary N) is 1. The molecule has 0 aliphatic rings. The Bertz CT molecular complexity index is 182. The average Bonchev–Trinajstić information content (AvgIpc) is 2.02. The molecule has 0 aliphatic heterocycles. The van der Waals surface area contributed by atoms with Gasteiger partial charge in [-0.25, -0.2) is 0 Å². The van der Waals surface area contributed by atoms with Gasteiger partial charge in [-0.3, -0.25) is 14.5 Å². The highest BCUT2D eigenvalue weighted by atomic mass is 16.5. The third-order valence-electron chi connectivity index (χ3n) is 1.48. The molecule has 0 atom stereocenters. The summed E-state index contributed by atoms with van der Waals surface area (Å²) in [5, 5.41) is 0. The van der Waals surface area contributed by atoms with E-state index in [-0.39, 0.29) is 19.1 Å². The molecule has 0 aliphatic carbocycles. The number of hydrogen-bond donors (Lipinski definition) is 1. The second-order valence-electron chi connectivity index (χ2n) is 2.57. The number of carbonyl (C=O) groups excluding carboxylic acids is 2. The summed E-state index contributed by atoms with van der Waals surface area (Å²) in [7, 11) is 0. The molecule has 0 spiro atoms. The van der Waals surface area contributed by atoms with Crippen LogP contribution in [0.1, 0.15) is 13.8 Å². The zero-order valence-corrected chi connectivity index (χ0v) is 8.08. The molecular formula is C8H16N2O3. The molecule has 0 heterocycles. The summed E-state index contributed by atoms with van der Waals surface area (Å²) in [6.45, 7) is 4.75. The number of primary amides is 1. The van der Waals surface area contributed by atoms with Crippen LogP contribution in [0.25, 0.3) is 0 Å². The Balaban J connectivity index is 3.83. The van der Waals surface area contributed by atoms with Crippen LogP contribution in [0.4, 0.5) is 0 Å². The van der Waals surface area contributed by atoms with E-state index in [4.69, 9.17) is 10.5 Å². The van der Waals surface area contributed by atoms with Crippen LogP contribution >= 0.6 is 0 Å². The quantitative estimate of drug-likeness (QED) is 0.562. The first-order valence-electron chi connectivity index (χ1n) is 4.26. The van der Waals surface area contributed by atoms with Gasteiger partial charge in [0, 0.05) is 0 Å². The van der Waals surface area contributed by atoms with E-state index in [1.807, 2.05) is 6.92 Å². The van der Waals surface area contributed by atoms with Crippen molar-refractivity contribution in [2.45, 2.75) is 13.8 Å². The van der Waals surface area contributed by atoms with E-state index in [1.54, 1.807) is 11.8 Å². The number of rotatable bonds is 6. The van der Waals surface area contributed by atoms with Crippen LogP contribution in [-0.4, -0.2) is 43.0 Å². The van der Waals surface area contributed by atoms with Crippen LogP contribution in [0.15, 0.2) is 0 Å². The van der Waals surface area contributed by atoms with Gasteiger partial charge in [-0.05, 0) is 13.5 Å². The second kappa shape index (κ2) is 6.42. The Kier molecular flexibility index (Phi) is 5.88. The van der Waals surface area contributed by atoms with E-state index in [0.29, 0.717) is 13.2 Å². The summed E-state index contributed by atoms with van der Waals surface area (Å²) in [6.07, 6.45) is 0. The lowest BCUT2D eigenvalue weighted by Crippen LogP contribution is -2.37. The standard InChI is InChI=1S/C8H16N2O3/c1-3-10(5-7(9)11)6-8(12)13-4-2/h3-6H2,1-2H3,(H2,9,11). The minimum absolute atomic E-state index is 0.0926. The van der Waals surface area contributed by atoms with Gasteiger partial charge in [0.15, 0.2) is 0 Å². The normalized spacial score (nSPS) is 10.1. The predicted octanol–water partition coefficient (Wildman–Crippen LogP) is -0.643. The summed E-state index contributed by atoms with van der Waals surface area (Å²) in [4.78, 5) is 23.1. The Morgan fingerprint density at radius 3 is 2.31 bits per heavy atom. The number of hydrogen-bond acceptors (Lipinski definition) is 4. The summed E-state index contributed by atoms with van der Waals surface area (Å²) in [6, 6.07) is 0. The Morgan fingerprint density at radius 1 is 1.31 bits per heavy atom. The molecule has 5 heteroatoms. The fourth-order valence-corrected chi connectivity index (χ4v) is 0.889. The molecule has 2 N–H and O–H groups in total. The summed E-state index contributed by atoms with van der Waals surface area (Å²) >= 11 is 0. The lowest BCUT2D eigenvalue weighted by atomic mass is 10.4. The first kappa shape index (κ1) is 11.9. The van der Waals surface area contributed by atoms with Crippen LogP contribution in [-0.2, 0) is 14.3 Å². The van der Waals surface area contributed by atoms with Crippen molar-refractivity contribution < 1.29 is 14.3 Å². The van der Waals surface area contributed by atoms with Crippen LogP contribution in [0.3, 0.4) is 0 Å². The molecule has 0 aromatic heterocycles. The van der Waals surface area contributed by atoms with Crippen molar-refractivity contribution in [3.8, 4) is 0 Å². The summed E-state index contributed by atoms with van der Waals surface area (Å²) in [5.41, 5.74) is 4.99. The molecule has 0 saturated carbocycles. The molecule has 0 rings (SSSR count). The van der Waals surface area contributed by atoms with E-state index in [2.05, 4.69) is 0 Å². The average molecular weight is 188 g/mol. The number of likely N-dealkylation sites (N-methyl/N-ethyl adjacent to an activating group) is 1. The smallest absolute Gasteiger partial charge is 0.320 e. The van der Waals surface area contributed by atoms with E-state index in [0.717, 1.165) is 0 Å². The van der Waals surface area contributed by atoms with Gasteiger partial charge in [0.05, 0.1) is 19.7 Å². The third kappa shape index (κ3) is 6.10. The molecule has 0 unspecified atom stereocenters. The van der Waals surface area contributed by atoms with E-state index >= 15 is 0 Å². The van der Waals surface area contributed by atoms with Gasteiger partial charge in [-0.1, -0.05) is 6.92 Å². The lowest BCUT2D eigenvalue weighted by molar-refractivity contribution is -0.144. The highest BCUT2D eigenvalue weighted by Gasteiger charge is 2.11. The number of nitrogens with zero attached hydrogens (tertiary/aromatic N) is 1. The molecule has 0 aromatic rings. The SMILES string of the molecule is CCOC(=O)CN(CC)CC(N)=O. The van der Waals surface area contributed by atoms with Gasteiger partial charge in [0.25, 0.3) is 0 Å². The third-order valence-corrected chi connectivity index (χ3v) is 1.48. The van der Waals surface area contributed by atoms with Gasteiger partial charge in [-0.15, -0.1) is 0 Å². The topological polar surface area (TPSA) is 72.6 Å². The van der Waals surface area contributed by atoms with Crippen molar-refractivity contribution in [1.29, 1.82) is 0 Å². The maximum atomic E-state index is 11.0. The minimum atomic E-state index is -0.439. The summed E-state index contributed by atoms with van der Waals surface area (Å²) < 4.78 is 4.72. The number of esters is 1. The van der Waals surface area contributed by atoms with Crippen molar-refractivity contribution in [3.63, 3.8) is 0 Å². The molecule has 13 heavy (non-hydrogen) atoms. The second-order valence-corrected chi connectivity index (χ2v) is 2.57. The van der Waals surface area contributed by atoms with Crippen molar-refractivity contribution in [1.82, 2.24) is 4.90 Å².